The van der Waals surface area contributed by atoms with Gasteiger partial charge in [-0.25, -0.2) is 14.4 Å². The first-order chi connectivity index (χ1) is 15.5. The number of carbonyl (C=O) groups excluding carboxylic acids is 1. The second-order valence-electron chi connectivity index (χ2n) is 7.04. The number of anilines is 3. The first-order valence-corrected chi connectivity index (χ1v) is 9.82. The molecule has 0 unspecified atom stereocenters. The number of carbonyl (C=O) groups is 1. The van der Waals surface area contributed by atoms with Crippen molar-refractivity contribution in [3.63, 3.8) is 0 Å². The van der Waals surface area contributed by atoms with Gasteiger partial charge in [0.05, 0.1) is 17.9 Å². The number of nitrogens with two attached hydrogens (primary N) is 1. The summed E-state index contributed by atoms with van der Waals surface area (Å²) in [7, 11) is 0. The molecule has 8 nitrogen and oxygen atoms in total. The number of hydrogen-bond donors (Lipinski definition) is 3. The largest absolute Gasteiger partial charge is 0.366 e. The van der Waals surface area contributed by atoms with Crippen molar-refractivity contribution in [2.45, 2.75) is 13.0 Å². The summed E-state index contributed by atoms with van der Waals surface area (Å²) in [6.07, 6.45) is 4.71. The second kappa shape index (κ2) is 9.17. The van der Waals surface area contributed by atoms with Gasteiger partial charge in [0, 0.05) is 29.6 Å². The molecular weight excluding hydrogens is 409 g/mol. The average Bonchev–Trinajstić information content (AvgIpc) is 2.80. The van der Waals surface area contributed by atoms with Crippen LogP contribution in [-0.2, 0) is 0 Å². The molecule has 0 radical (unpaired) electrons. The van der Waals surface area contributed by atoms with E-state index in [1.165, 1.54) is 12.1 Å². The van der Waals surface area contributed by atoms with E-state index in [0.29, 0.717) is 34.4 Å². The lowest BCUT2D eigenvalue weighted by molar-refractivity contribution is 0.100. The average molecular weight is 429 g/mol. The lowest BCUT2D eigenvalue weighted by Crippen LogP contribution is -2.12. The van der Waals surface area contributed by atoms with Gasteiger partial charge in [-0.1, -0.05) is 24.3 Å². The van der Waals surface area contributed by atoms with E-state index in [9.17, 15) is 9.18 Å². The van der Waals surface area contributed by atoms with E-state index >= 15 is 0 Å². The van der Waals surface area contributed by atoms with Crippen molar-refractivity contribution in [3.8, 4) is 11.3 Å². The highest BCUT2D eigenvalue weighted by molar-refractivity contribution is 5.94. The Morgan fingerprint density at radius 1 is 1.03 bits per heavy atom. The van der Waals surface area contributed by atoms with E-state index in [4.69, 9.17) is 5.73 Å². The molecule has 9 heteroatoms. The van der Waals surface area contributed by atoms with Crippen LogP contribution >= 0.6 is 0 Å². The molecule has 0 fully saturated rings. The van der Waals surface area contributed by atoms with Gasteiger partial charge in [-0.3, -0.25) is 9.78 Å². The Hall–Kier alpha value is -4.40. The minimum Gasteiger partial charge on any atom is -0.366 e. The molecule has 0 saturated carbocycles. The fraction of sp³-hybridized carbons (Fsp3) is 0.0870. The van der Waals surface area contributed by atoms with Gasteiger partial charge in [-0.05, 0) is 36.8 Å². The van der Waals surface area contributed by atoms with E-state index in [0.717, 1.165) is 5.56 Å². The van der Waals surface area contributed by atoms with Crippen molar-refractivity contribution in [1.82, 2.24) is 19.9 Å². The summed E-state index contributed by atoms with van der Waals surface area (Å²) < 4.78 is 13.3. The molecular formula is C23H20FN7O. The highest BCUT2D eigenvalue weighted by Gasteiger charge is 2.13. The van der Waals surface area contributed by atoms with Crippen LogP contribution in [0.1, 0.15) is 28.9 Å². The van der Waals surface area contributed by atoms with Crippen LogP contribution in [0.2, 0.25) is 0 Å². The van der Waals surface area contributed by atoms with Crippen molar-refractivity contribution in [3.05, 3.63) is 90.1 Å². The van der Waals surface area contributed by atoms with Crippen LogP contribution in [-0.4, -0.2) is 25.8 Å². The number of nitrogens with zero attached hydrogens (tertiary/aromatic N) is 4. The smallest absolute Gasteiger partial charge is 0.248 e. The maximum absolute atomic E-state index is 13.3. The Balaban J connectivity index is 1.70. The van der Waals surface area contributed by atoms with E-state index in [2.05, 4.69) is 30.6 Å². The Labute approximate surface area is 183 Å². The van der Waals surface area contributed by atoms with E-state index < -0.39 is 5.91 Å². The molecule has 1 amide bonds. The first kappa shape index (κ1) is 20.9. The van der Waals surface area contributed by atoms with Crippen LogP contribution in [0.25, 0.3) is 11.3 Å². The molecule has 2 aromatic heterocycles. The number of benzene rings is 2. The van der Waals surface area contributed by atoms with Crippen LogP contribution in [0.15, 0.2) is 73.2 Å². The van der Waals surface area contributed by atoms with Gasteiger partial charge in [-0.2, -0.15) is 4.98 Å². The minimum absolute atomic E-state index is 0.188. The maximum Gasteiger partial charge on any atom is 0.248 e. The van der Waals surface area contributed by atoms with Gasteiger partial charge in [0.25, 0.3) is 0 Å². The van der Waals surface area contributed by atoms with Gasteiger partial charge >= 0.3 is 0 Å². The second-order valence-corrected chi connectivity index (χ2v) is 7.04. The lowest BCUT2D eigenvalue weighted by atomic mass is 10.1. The SMILES string of the molecule is C[C@H](Nc1nc(Nc2cnccn2)cc(-c2cccc(C(N)=O)c2)n1)c1ccc(F)cc1. The molecule has 32 heavy (non-hydrogen) atoms. The van der Waals surface area contributed by atoms with Crippen LogP contribution in [0, 0.1) is 5.82 Å². The molecule has 4 rings (SSSR count). The van der Waals surface area contributed by atoms with Gasteiger partial charge in [-0.15, -0.1) is 0 Å². The van der Waals surface area contributed by atoms with Gasteiger partial charge in [0.15, 0.2) is 0 Å². The van der Waals surface area contributed by atoms with E-state index in [1.54, 1.807) is 55.0 Å². The van der Waals surface area contributed by atoms with Gasteiger partial charge in [0.2, 0.25) is 11.9 Å². The van der Waals surface area contributed by atoms with Crippen LogP contribution in [0.3, 0.4) is 0 Å². The monoisotopic (exact) mass is 429 g/mol. The molecule has 1 atom stereocenters. The van der Waals surface area contributed by atoms with Gasteiger partial charge < -0.3 is 16.4 Å². The topological polar surface area (TPSA) is 119 Å². The quantitative estimate of drug-likeness (QED) is 0.405. The number of nitrogens with one attached hydrogen (secondary N) is 2. The van der Waals surface area contributed by atoms with Crippen LogP contribution in [0.5, 0.6) is 0 Å². The summed E-state index contributed by atoms with van der Waals surface area (Å²) in [6, 6.07) is 14.6. The molecule has 0 saturated heterocycles. The van der Waals surface area contributed by atoms with Gasteiger partial charge in [0.1, 0.15) is 17.5 Å². The fourth-order valence-corrected chi connectivity index (χ4v) is 3.08. The Kier molecular flexibility index (Phi) is 5.98. The first-order valence-electron chi connectivity index (χ1n) is 9.82. The maximum atomic E-state index is 13.3. The minimum atomic E-state index is -0.526. The van der Waals surface area contributed by atoms with Crippen molar-refractivity contribution < 1.29 is 9.18 Å². The third-order valence-electron chi connectivity index (χ3n) is 4.70. The number of hydrogen-bond acceptors (Lipinski definition) is 7. The summed E-state index contributed by atoms with van der Waals surface area (Å²) in [5.41, 5.74) is 7.94. The summed E-state index contributed by atoms with van der Waals surface area (Å²) >= 11 is 0. The summed E-state index contributed by atoms with van der Waals surface area (Å²) in [6.45, 7) is 1.92. The zero-order valence-electron chi connectivity index (χ0n) is 17.2. The summed E-state index contributed by atoms with van der Waals surface area (Å²) in [5.74, 6) is 0.510. The number of rotatable bonds is 7. The predicted molar refractivity (Wildman–Crippen MR) is 120 cm³/mol. The van der Waals surface area contributed by atoms with Crippen molar-refractivity contribution in [1.29, 1.82) is 0 Å². The molecule has 4 aromatic rings. The highest BCUT2D eigenvalue weighted by Crippen LogP contribution is 2.26. The van der Waals surface area contributed by atoms with Crippen molar-refractivity contribution in [2.75, 3.05) is 10.6 Å². The number of amides is 1. The van der Waals surface area contributed by atoms with Crippen molar-refractivity contribution in [2.24, 2.45) is 5.73 Å². The third kappa shape index (κ3) is 5.01. The number of primary amides is 1. The van der Waals surface area contributed by atoms with Crippen LogP contribution < -0.4 is 16.4 Å². The molecule has 4 N–H and O–H groups in total. The zero-order chi connectivity index (χ0) is 22.5. The lowest BCUT2D eigenvalue weighted by Gasteiger charge is -2.16. The van der Waals surface area contributed by atoms with E-state index in [-0.39, 0.29) is 11.9 Å². The normalized spacial score (nSPS) is 11.6. The summed E-state index contributed by atoms with van der Waals surface area (Å²) in [5, 5.41) is 6.35. The number of halogens is 1. The molecule has 0 aliphatic carbocycles. The van der Waals surface area contributed by atoms with E-state index in [1.807, 2.05) is 13.0 Å². The number of aromatic nitrogens is 4. The summed E-state index contributed by atoms with van der Waals surface area (Å²) in [4.78, 5) is 29.0. The molecule has 0 bridgehead atoms. The molecule has 160 valence electrons. The Bertz CT molecular complexity index is 1230. The molecule has 0 spiro atoms. The highest BCUT2D eigenvalue weighted by atomic mass is 19.1. The molecule has 2 heterocycles. The van der Waals surface area contributed by atoms with Crippen LogP contribution in [0.4, 0.5) is 22.0 Å². The molecule has 0 aliphatic rings. The van der Waals surface area contributed by atoms with Crippen molar-refractivity contribution >= 4 is 23.5 Å². The Morgan fingerprint density at radius 3 is 2.56 bits per heavy atom. The predicted octanol–water partition coefficient (Wildman–Crippen LogP) is 4.09. The fourth-order valence-electron chi connectivity index (χ4n) is 3.08. The third-order valence-corrected chi connectivity index (χ3v) is 4.70. The Morgan fingerprint density at radius 2 is 1.84 bits per heavy atom. The standard InChI is InChI=1S/C23H20FN7O/c1-14(15-5-7-18(24)8-6-15)28-23-29-19(16-3-2-4-17(11-16)22(25)32)12-20(31-23)30-21-13-26-9-10-27-21/h2-14H,1H3,(H2,25,32)(H2,27,28,29,30,31)/t14-/m0/s1. The molecule has 0 aliphatic heterocycles. The molecule has 2 aromatic carbocycles. The zero-order valence-corrected chi connectivity index (χ0v) is 17.2.